The Bertz CT molecular complexity index is 726. The molecule has 2 saturated carbocycles. The molecule has 4 amide bonds. The summed E-state index contributed by atoms with van der Waals surface area (Å²) in [5.74, 6) is -0.643. The standard InChI is InChI=1S/C20H26N4O3/c25-17(14-23(16-9-10-16)13-15-7-3-1-4-8-15)22-24-18(26)20(21-19(24)27)11-5-2-6-12-20/h1,3-4,7-8,16H,2,5-6,9-14H2,(H,21,27)(H,22,25). The highest BCUT2D eigenvalue weighted by molar-refractivity contribution is 6.08. The van der Waals surface area contributed by atoms with Crippen molar-refractivity contribution in [2.45, 2.75) is 63.1 Å². The van der Waals surface area contributed by atoms with Crippen LogP contribution in [0.1, 0.15) is 50.5 Å². The average Bonchev–Trinajstić information content (AvgIpc) is 3.49. The molecule has 1 aromatic carbocycles. The van der Waals surface area contributed by atoms with E-state index < -0.39 is 11.6 Å². The molecule has 2 N–H and O–H groups in total. The summed E-state index contributed by atoms with van der Waals surface area (Å²) in [6, 6.07) is 9.89. The minimum Gasteiger partial charge on any atom is -0.322 e. The van der Waals surface area contributed by atoms with Crippen LogP contribution in [0.25, 0.3) is 0 Å². The Hall–Kier alpha value is -2.41. The summed E-state index contributed by atoms with van der Waals surface area (Å²) in [5, 5.41) is 3.70. The summed E-state index contributed by atoms with van der Waals surface area (Å²) >= 11 is 0. The van der Waals surface area contributed by atoms with E-state index in [0.29, 0.717) is 25.4 Å². The van der Waals surface area contributed by atoms with E-state index in [9.17, 15) is 14.4 Å². The predicted octanol–water partition coefficient (Wildman–Crippen LogP) is 1.94. The highest BCUT2D eigenvalue weighted by Gasteiger charge is 2.52. The third-order valence-electron chi connectivity index (χ3n) is 5.74. The van der Waals surface area contributed by atoms with Crippen molar-refractivity contribution in [3.8, 4) is 0 Å². The van der Waals surface area contributed by atoms with E-state index in [2.05, 4.69) is 15.6 Å². The van der Waals surface area contributed by atoms with Crippen LogP contribution in [0.2, 0.25) is 0 Å². The van der Waals surface area contributed by atoms with Gasteiger partial charge in [0, 0.05) is 12.6 Å². The van der Waals surface area contributed by atoms with Crippen molar-refractivity contribution in [3.63, 3.8) is 0 Å². The summed E-state index contributed by atoms with van der Waals surface area (Å²) in [6.45, 7) is 0.854. The third-order valence-corrected chi connectivity index (χ3v) is 5.74. The zero-order valence-corrected chi connectivity index (χ0v) is 15.4. The third kappa shape index (κ3) is 3.83. The summed E-state index contributed by atoms with van der Waals surface area (Å²) in [5.41, 5.74) is 2.87. The Morgan fingerprint density at radius 2 is 1.85 bits per heavy atom. The lowest BCUT2D eigenvalue weighted by Crippen LogP contribution is -2.52. The van der Waals surface area contributed by atoms with Gasteiger partial charge in [-0.2, -0.15) is 5.01 Å². The van der Waals surface area contributed by atoms with Crippen molar-refractivity contribution in [1.29, 1.82) is 0 Å². The number of urea groups is 1. The van der Waals surface area contributed by atoms with E-state index in [4.69, 9.17) is 0 Å². The van der Waals surface area contributed by atoms with Crippen LogP contribution in [0, 0.1) is 0 Å². The monoisotopic (exact) mass is 370 g/mol. The van der Waals surface area contributed by atoms with Crippen molar-refractivity contribution in [2.75, 3.05) is 6.54 Å². The van der Waals surface area contributed by atoms with Gasteiger partial charge in [-0.1, -0.05) is 49.6 Å². The molecule has 1 heterocycles. The number of carbonyl (C=O) groups is 3. The van der Waals surface area contributed by atoms with Gasteiger partial charge in [-0.05, 0) is 31.2 Å². The number of benzene rings is 1. The summed E-state index contributed by atoms with van der Waals surface area (Å²) < 4.78 is 0. The van der Waals surface area contributed by atoms with Crippen LogP contribution in [0.4, 0.5) is 4.79 Å². The first-order valence-corrected chi connectivity index (χ1v) is 9.82. The van der Waals surface area contributed by atoms with Crippen LogP contribution < -0.4 is 10.7 Å². The van der Waals surface area contributed by atoms with Gasteiger partial charge in [0.15, 0.2) is 0 Å². The summed E-state index contributed by atoms with van der Waals surface area (Å²) in [4.78, 5) is 39.7. The first-order chi connectivity index (χ1) is 13.1. The van der Waals surface area contributed by atoms with Gasteiger partial charge in [0.25, 0.3) is 11.8 Å². The Morgan fingerprint density at radius 3 is 2.52 bits per heavy atom. The van der Waals surface area contributed by atoms with Crippen LogP contribution >= 0.6 is 0 Å². The molecule has 1 aromatic rings. The Morgan fingerprint density at radius 1 is 1.15 bits per heavy atom. The van der Waals surface area contributed by atoms with E-state index >= 15 is 0 Å². The van der Waals surface area contributed by atoms with Crippen molar-refractivity contribution in [3.05, 3.63) is 35.9 Å². The maximum absolute atomic E-state index is 12.8. The molecule has 144 valence electrons. The minimum atomic E-state index is -0.817. The van der Waals surface area contributed by atoms with Gasteiger partial charge < -0.3 is 5.32 Å². The zero-order chi connectivity index (χ0) is 18.9. The van der Waals surface area contributed by atoms with Gasteiger partial charge >= 0.3 is 6.03 Å². The van der Waals surface area contributed by atoms with Crippen molar-refractivity contribution in [1.82, 2.24) is 20.7 Å². The summed E-state index contributed by atoms with van der Waals surface area (Å²) in [7, 11) is 0. The number of hydrogen-bond acceptors (Lipinski definition) is 4. The molecule has 1 spiro atoms. The zero-order valence-electron chi connectivity index (χ0n) is 15.4. The van der Waals surface area contributed by atoms with Crippen LogP contribution in [0.5, 0.6) is 0 Å². The lowest BCUT2D eigenvalue weighted by Gasteiger charge is -2.30. The SMILES string of the molecule is O=C(CN(Cc1ccccc1)C1CC1)NN1C(=O)NC2(CCCCC2)C1=O. The van der Waals surface area contributed by atoms with Gasteiger partial charge in [0.1, 0.15) is 5.54 Å². The van der Waals surface area contributed by atoms with Gasteiger partial charge in [-0.3, -0.25) is 19.9 Å². The molecule has 0 bridgehead atoms. The molecule has 0 atom stereocenters. The number of hydrazine groups is 1. The fourth-order valence-electron chi connectivity index (χ4n) is 4.13. The number of rotatable bonds is 6. The smallest absolute Gasteiger partial charge is 0.322 e. The number of carbonyl (C=O) groups excluding carboxylic acids is 3. The summed E-state index contributed by atoms with van der Waals surface area (Å²) in [6.07, 6.45) is 6.35. The lowest BCUT2D eigenvalue weighted by atomic mass is 9.82. The van der Waals surface area contributed by atoms with E-state index in [-0.39, 0.29) is 18.4 Å². The van der Waals surface area contributed by atoms with Crippen LogP contribution in [-0.4, -0.2) is 45.9 Å². The molecule has 3 fully saturated rings. The van der Waals surface area contributed by atoms with Crippen LogP contribution in [0.15, 0.2) is 30.3 Å². The highest BCUT2D eigenvalue weighted by atomic mass is 16.2. The predicted molar refractivity (Wildman–Crippen MR) is 99.2 cm³/mol. The number of imide groups is 1. The fraction of sp³-hybridized carbons (Fsp3) is 0.550. The van der Waals surface area contributed by atoms with Crippen molar-refractivity contribution >= 4 is 17.8 Å². The van der Waals surface area contributed by atoms with Crippen molar-refractivity contribution in [2.24, 2.45) is 0 Å². The fourth-order valence-corrected chi connectivity index (χ4v) is 4.13. The van der Waals surface area contributed by atoms with Gasteiger partial charge in [-0.15, -0.1) is 0 Å². The first-order valence-electron chi connectivity index (χ1n) is 9.82. The Kier molecular flexibility index (Phi) is 4.86. The number of hydrogen-bond donors (Lipinski definition) is 2. The molecule has 4 rings (SSSR count). The van der Waals surface area contributed by atoms with Crippen LogP contribution in [0.3, 0.4) is 0 Å². The van der Waals surface area contributed by atoms with Gasteiger partial charge in [0.2, 0.25) is 0 Å². The second-order valence-electron chi connectivity index (χ2n) is 7.87. The van der Waals surface area contributed by atoms with E-state index in [1.807, 2.05) is 30.3 Å². The number of nitrogens with zero attached hydrogens (tertiary/aromatic N) is 2. The molecule has 1 aliphatic heterocycles. The molecular formula is C20H26N4O3. The second-order valence-corrected chi connectivity index (χ2v) is 7.87. The maximum Gasteiger partial charge on any atom is 0.344 e. The second kappa shape index (κ2) is 7.31. The molecule has 27 heavy (non-hydrogen) atoms. The van der Waals surface area contributed by atoms with Crippen molar-refractivity contribution < 1.29 is 14.4 Å². The molecule has 7 heteroatoms. The van der Waals surface area contributed by atoms with Gasteiger partial charge in [-0.25, -0.2) is 4.79 Å². The number of nitrogens with one attached hydrogen (secondary N) is 2. The normalized spacial score (nSPS) is 21.6. The van der Waals surface area contributed by atoms with E-state index in [1.165, 1.54) is 0 Å². The van der Waals surface area contributed by atoms with Gasteiger partial charge in [0.05, 0.1) is 6.54 Å². The molecular weight excluding hydrogens is 344 g/mol. The molecule has 0 aromatic heterocycles. The molecule has 1 saturated heterocycles. The van der Waals surface area contributed by atoms with E-state index in [0.717, 1.165) is 42.7 Å². The highest BCUT2D eigenvalue weighted by Crippen LogP contribution is 2.33. The molecule has 0 unspecified atom stereocenters. The lowest BCUT2D eigenvalue weighted by molar-refractivity contribution is -0.140. The topological polar surface area (TPSA) is 81.8 Å². The maximum atomic E-state index is 12.8. The molecule has 2 aliphatic carbocycles. The first kappa shape index (κ1) is 18.0. The molecule has 0 radical (unpaired) electrons. The minimum absolute atomic E-state index is 0.170. The van der Waals surface area contributed by atoms with Crippen LogP contribution in [-0.2, 0) is 16.1 Å². The number of amides is 4. The Balaban J connectivity index is 1.38. The van der Waals surface area contributed by atoms with E-state index in [1.54, 1.807) is 0 Å². The average molecular weight is 370 g/mol. The Labute approximate surface area is 159 Å². The quantitative estimate of drug-likeness (QED) is 0.750. The molecule has 3 aliphatic rings. The largest absolute Gasteiger partial charge is 0.344 e. The molecule has 7 nitrogen and oxygen atoms in total.